The highest BCUT2D eigenvalue weighted by Crippen LogP contribution is 2.18. The molecule has 0 aliphatic rings. The summed E-state index contributed by atoms with van der Waals surface area (Å²) in [6, 6.07) is 14.6. The van der Waals surface area contributed by atoms with Gasteiger partial charge in [0, 0.05) is 10.0 Å². The van der Waals surface area contributed by atoms with Crippen molar-refractivity contribution in [2.24, 2.45) is 0 Å². The summed E-state index contributed by atoms with van der Waals surface area (Å²) >= 11 is 3.32. The fourth-order valence-corrected chi connectivity index (χ4v) is 2.58. The minimum atomic E-state index is -0.970. The highest BCUT2D eigenvalue weighted by Gasteiger charge is 2.37. The smallest absolute Gasteiger partial charge is 0.420 e. The molecule has 2 rings (SSSR count). The molecule has 0 aromatic heterocycles. The monoisotopic (exact) mass is 429 g/mol. The number of esters is 1. The van der Waals surface area contributed by atoms with Gasteiger partial charge in [0.1, 0.15) is 5.60 Å². The van der Waals surface area contributed by atoms with Crippen molar-refractivity contribution in [3.8, 4) is 0 Å². The largest absolute Gasteiger partial charge is 0.451 e. The average molecular weight is 430 g/mol. The fraction of sp³-hybridized carbons (Fsp3) is 0.250. The van der Waals surface area contributed by atoms with E-state index in [-0.39, 0.29) is 5.71 Å². The van der Waals surface area contributed by atoms with Crippen molar-refractivity contribution in [2.75, 3.05) is 0 Å². The third-order valence-electron chi connectivity index (χ3n) is 3.50. The first-order valence-electron chi connectivity index (χ1n) is 8.28. The number of rotatable bonds is 5. The Bertz CT molecular complexity index is 868. The lowest BCUT2D eigenvalue weighted by molar-refractivity contribution is -0.151. The first-order chi connectivity index (χ1) is 12.7. The van der Waals surface area contributed by atoms with Crippen LogP contribution in [0.3, 0.4) is 0 Å². The lowest BCUT2D eigenvalue weighted by Crippen LogP contribution is -2.40. The zero-order valence-corrected chi connectivity index (χ0v) is 16.9. The van der Waals surface area contributed by atoms with E-state index in [1.165, 1.54) is 0 Å². The third kappa shape index (κ3) is 5.88. The minimum absolute atomic E-state index is 0.304. The number of carbonyl (C=O) groups excluding carboxylic acids is 2. The number of hydrogen-bond donors (Lipinski definition) is 1. The SMILES string of the molecule is CC(C)(C)OC(=O)C(=[N+]=[N-])[C@@H](NC(=O)c1ccc(Br)cc1)c1ccccc1. The number of amides is 1. The number of nitrogens with one attached hydrogen (secondary N) is 1. The fourth-order valence-electron chi connectivity index (χ4n) is 2.32. The summed E-state index contributed by atoms with van der Waals surface area (Å²) in [5.41, 5.74) is 9.38. The van der Waals surface area contributed by atoms with E-state index in [1.807, 2.05) is 0 Å². The molecule has 2 aromatic rings. The van der Waals surface area contributed by atoms with Crippen LogP contribution in [0.15, 0.2) is 59.1 Å². The topological polar surface area (TPSA) is 91.8 Å². The van der Waals surface area contributed by atoms with E-state index in [1.54, 1.807) is 75.4 Å². The van der Waals surface area contributed by atoms with E-state index in [0.29, 0.717) is 11.1 Å². The Kier molecular flexibility index (Phi) is 6.66. The Balaban J connectivity index is 2.36. The van der Waals surface area contributed by atoms with Gasteiger partial charge in [-0.25, -0.2) is 4.79 Å². The molecule has 1 N–H and O–H groups in total. The lowest BCUT2D eigenvalue weighted by Gasteiger charge is -2.20. The number of nitrogens with zero attached hydrogens (tertiary/aromatic N) is 2. The maximum Gasteiger partial charge on any atom is 0.420 e. The van der Waals surface area contributed by atoms with E-state index < -0.39 is 23.5 Å². The average Bonchev–Trinajstić information content (AvgIpc) is 2.61. The van der Waals surface area contributed by atoms with Crippen molar-refractivity contribution in [3.63, 3.8) is 0 Å². The summed E-state index contributed by atoms with van der Waals surface area (Å²) in [6.07, 6.45) is 0. The van der Waals surface area contributed by atoms with Gasteiger partial charge in [0.05, 0.1) is 0 Å². The van der Waals surface area contributed by atoms with Crippen LogP contribution in [0, 0.1) is 0 Å². The molecule has 0 saturated heterocycles. The summed E-state index contributed by atoms with van der Waals surface area (Å²) in [5.74, 6) is -1.23. The molecule has 0 heterocycles. The van der Waals surface area contributed by atoms with Crippen LogP contribution < -0.4 is 5.32 Å². The Morgan fingerprint density at radius 2 is 1.67 bits per heavy atom. The molecule has 1 amide bonds. The van der Waals surface area contributed by atoms with Gasteiger partial charge < -0.3 is 15.6 Å². The van der Waals surface area contributed by atoms with Crippen LogP contribution in [0.4, 0.5) is 0 Å². The summed E-state index contributed by atoms with van der Waals surface area (Å²) < 4.78 is 6.15. The Morgan fingerprint density at radius 3 is 2.19 bits per heavy atom. The second-order valence-corrected chi connectivity index (χ2v) is 7.73. The molecule has 27 heavy (non-hydrogen) atoms. The highest BCUT2D eigenvalue weighted by atomic mass is 79.9. The zero-order valence-electron chi connectivity index (χ0n) is 15.3. The van der Waals surface area contributed by atoms with Crippen molar-refractivity contribution in [1.82, 2.24) is 5.32 Å². The molecule has 0 saturated carbocycles. The standard InChI is InChI=1S/C20H20BrN3O3/c1-20(2,3)27-19(26)17(24-22)16(13-7-5-4-6-8-13)23-18(25)14-9-11-15(21)12-10-14/h4-12,16H,1-3H3,(H,23,25)/t16-/m0/s1. The van der Waals surface area contributed by atoms with E-state index in [2.05, 4.69) is 26.0 Å². The maximum absolute atomic E-state index is 12.7. The van der Waals surface area contributed by atoms with Crippen molar-refractivity contribution in [1.29, 1.82) is 0 Å². The van der Waals surface area contributed by atoms with Gasteiger partial charge in [-0.1, -0.05) is 46.3 Å². The summed E-state index contributed by atoms with van der Waals surface area (Å²) in [4.78, 5) is 28.3. The zero-order chi connectivity index (χ0) is 20.0. The Labute approximate surface area is 166 Å². The van der Waals surface area contributed by atoms with Gasteiger partial charge in [0.25, 0.3) is 5.91 Å². The van der Waals surface area contributed by atoms with Gasteiger partial charge in [-0.3, -0.25) is 4.79 Å². The Hall–Kier alpha value is -2.76. The molecule has 0 aliphatic carbocycles. The van der Waals surface area contributed by atoms with Crippen molar-refractivity contribution < 1.29 is 19.1 Å². The molecule has 6 nitrogen and oxygen atoms in total. The second-order valence-electron chi connectivity index (χ2n) is 6.81. The second kappa shape index (κ2) is 8.75. The van der Waals surface area contributed by atoms with Gasteiger partial charge in [-0.05, 0) is 50.6 Å². The molecule has 7 heteroatoms. The van der Waals surface area contributed by atoms with Crippen LogP contribution in [-0.2, 0) is 9.53 Å². The third-order valence-corrected chi connectivity index (χ3v) is 4.03. The molecule has 0 radical (unpaired) electrons. The molecular weight excluding hydrogens is 410 g/mol. The predicted octanol–water partition coefficient (Wildman–Crippen LogP) is 3.93. The number of carbonyl (C=O) groups is 2. The molecule has 0 aliphatic heterocycles. The van der Waals surface area contributed by atoms with Gasteiger partial charge in [0.15, 0.2) is 6.04 Å². The molecule has 0 fully saturated rings. The van der Waals surface area contributed by atoms with Crippen LogP contribution in [0.2, 0.25) is 0 Å². The van der Waals surface area contributed by atoms with Gasteiger partial charge in [-0.15, -0.1) is 0 Å². The molecule has 0 unspecified atom stereocenters. The van der Waals surface area contributed by atoms with E-state index in [9.17, 15) is 15.1 Å². The van der Waals surface area contributed by atoms with Crippen LogP contribution in [0.25, 0.3) is 5.53 Å². The summed E-state index contributed by atoms with van der Waals surface area (Å²) in [7, 11) is 0. The Morgan fingerprint density at radius 1 is 1.07 bits per heavy atom. The van der Waals surface area contributed by atoms with Crippen LogP contribution >= 0.6 is 15.9 Å². The minimum Gasteiger partial charge on any atom is -0.451 e. The first-order valence-corrected chi connectivity index (χ1v) is 9.07. The predicted molar refractivity (Wildman–Crippen MR) is 105 cm³/mol. The molecule has 2 aromatic carbocycles. The van der Waals surface area contributed by atoms with Crippen molar-refractivity contribution in [3.05, 3.63) is 75.7 Å². The van der Waals surface area contributed by atoms with E-state index in [0.717, 1.165) is 4.47 Å². The van der Waals surface area contributed by atoms with Crippen molar-refractivity contribution >= 4 is 33.5 Å². The number of halogens is 1. The molecule has 0 spiro atoms. The van der Waals surface area contributed by atoms with Gasteiger partial charge in [-0.2, -0.15) is 4.79 Å². The van der Waals surface area contributed by atoms with E-state index in [4.69, 9.17) is 4.74 Å². The quantitative estimate of drug-likeness (QED) is 0.337. The molecule has 0 bridgehead atoms. The van der Waals surface area contributed by atoms with Crippen molar-refractivity contribution in [2.45, 2.75) is 32.4 Å². The van der Waals surface area contributed by atoms with E-state index >= 15 is 0 Å². The first kappa shape index (κ1) is 20.6. The van der Waals surface area contributed by atoms with Crippen LogP contribution in [0.5, 0.6) is 0 Å². The normalized spacial score (nSPS) is 11.9. The molecular formula is C20H20BrN3O3. The lowest BCUT2D eigenvalue weighted by atomic mass is 10.0. The van der Waals surface area contributed by atoms with Gasteiger partial charge >= 0.3 is 11.7 Å². The number of ether oxygens (including phenoxy) is 1. The molecule has 140 valence electrons. The van der Waals surface area contributed by atoms with Crippen LogP contribution in [0.1, 0.15) is 42.7 Å². The van der Waals surface area contributed by atoms with Crippen LogP contribution in [-0.4, -0.2) is 28.0 Å². The van der Waals surface area contributed by atoms with Gasteiger partial charge in [0.2, 0.25) is 0 Å². The summed E-state index contributed by atoms with van der Waals surface area (Å²) in [6.45, 7) is 5.12. The molecule has 1 atom stereocenters. The number of hydrogen-bond acceptors (Lipinski definition) is 3. The highest BCUT2D eigenvalue weighted by molar-refractivity contribution is 9.10. The summed E-state index contributed by atoms with van der Waals surface area (Å²) in [5, 5.41) is 2.74. The maximum atomic E-state index is 12.7. The number of benzene rings is 2.